The zero-order chi connectivity index (χ0) is 19.6. The number of hydrogen-bond acceptors (Lipinski definition) is 6. The summed E-state index contributed by atoms with van der Waals surface area (Å²) in [5.74, 6) is -2.12. The molecule has 1 aromatic heterocycles. The highest BCUT2D eigenvalue weighted by Gasteiger charge is 2.42. The number of carboxylic acids is 1. The van der Waals surface area contributed by atoms with E-state index in [2.05, 4.69) is 15.6 Å². The van der Waals surface area contributed by atoms with Crippen LogP contribution < -0.4 is 5.32 Å². The van der Waals surface area contributed by atoms with Crippen LogP contribution in [0.1, 0.15) is 43.1 Å². The van der Waals surface area contributed by atoms with Gasteiger partial charge in [0.2, 0.25) is 0 Å². The van der Waals surface area contributed by atoms with Gasteiger partial charge in [-0.25, -0.2) is 4.68 Å². The third-order valence-electron chi connectivity index (χ3n) is 4.94. The lowest BCUT2D eigenvalue weighted by molar-refractivity contribution is -0.384. The summed E-state index contributed by atoms with van der Waals surface area (Å²) in [5, 5.41) is 30.8. The normalized spacial score (nSPS) is 22.2. The van der Waals surface area contributed by atoms with Crippen molar-refractivity contribution in [3.63, 3.8) is 0 Å². The molecule has 1 aliphatic rings. The van der Waals surface area contributed by atoms with E-state index >= 15 is 0 Å². The van der Waals surface area contributed by atoms with Crippen LogP contribution in [0.5, 0.6) is 0 Å². The second-order valence-corrected chi connectivity index (χ2v) is 6.83. The summed E-state index contributed by atoms with van der Waals surface area (Å²) in [6.45, 7) is 1.73. The van der Waals surface area contributed by atoms with Crippen molar-refractivity contribution in [3.8, 4) is 5.69 Å². The van der Waals surface area contributed by atoms with Crippen LogP contribution in [0.4, 0.5) is 5.69 Å². The van der Waals surface area contributed by atoms with Gasteiger partial charge in [0, 0.05) is 12.1 Å². The monoisotopic (exact) mass is 373 g/mol. The van der Waals surface area contributed by atoms with Crippen LogP contribution in [0.25, 0.3) is 5.69 Å². The fraction of sp³-hybridized carbons (Fsp3) is 0.412. The number of nitro groups is 1. The first-order valence-electron chi connectivity index (χ1n) is 8.53. The van der Waals surface area contributed by atoms with Crippen LogP contribution in [0.2, 0.25) is 0 Å². The van der Waals surface area contributed by atoms with Crippen LogP contribution >= 0.6 is 0 Å². The molecule has 2 atom stereocenters. The Morgan fingerprint density at radius 1 is 1.41 bits per heavy atom. The molecule has 2 N–H and O–H groups in total. The van der Waals surface area contributed by atoms with E-state index in [0.717, 1.165) is 12.8 Å². The minimum atomic E-state index is -0.933. The Balaban J connectivity index is 1.80. The summed E-state index contributed by atoms with van der Waals surface area (Å²) >= 11 is 0. The Labute approximate surface area is 154 Å². The molecule has 1 amide bonds. The largest absolute Gasteiger partial charge is 0.481 e. The van der Waals surface area contributed by atoms with E-state index < -0.39 is 28.3 Å². The van der Waals surface area contributed by atoms with E-state index in [0.29, 0.717) is 18.5 Å². The molecule has 2 unspecified atom stereocenters. The number of carbonyl (C=O) groups is 2. The summed E-state index contributed by atoms with van der Waals surface area (Å²) < 4.78 is 1.26. The standard InChI is InChI=1S/C17H19N5O5/c1-17(8-3-2-7-13(17)16(24)25)18-15(23)14-10-21(20-19-14)11-5-4-6-12(9-11)22(26)27/h4-6,9-10,13H,2-3,7-8H2,1H3,(H,18,23)(H,24,25). The molecule has 10 heteroatoms. The maximum atomic E-state index is 12.6. The fourth-order valence-electron chi connectivity index (χ4n) is 3.45. The van der Waals surface area contributed by atoms with E-state index in [-0.39, 0.29) is 11.4 Å². The minimum Gasteiger partial charge on any atom is -0.481 e. The summed E-state index contributed by atoms with van der Waals surface area (Å²) in [6, 6.07) is 5.78. The predicted molar refractivity (Wildman–Crippen MR) is 93.5 cm³/mol. The molecule has 0 radical (unpaired) electrons. The maximum Gasteiger partial charge on any atom is 0.308 e. The number of hydrogen-bond donors (Lipinski definition) is 2. The van der Waals surface area contributed by atoms with Gasteiger partial charge in [0.15, 0.2) is 5.69 Å². The van der Waals surface area contributed by atoms with Crippen molar-refractivity contribution in [3.05, 3.63) is 46.3 Å². The number of amides is 1. The van der Waals surface area contributed by atoms with Gasteiger partial charge in [-0.1, -0.05) is 24.1 Å². The number of non-ortho nitro benzene ring substituents is 1. The van der Waals surface area contributed by atoms with Gasteiger partial charge in [0.05, 0.1) is 28.3 Å². The number of nitrogens with one attached hydrogen (secondary N) is 1. The lowest BCUT2D eigenvalue weighted by atomic mass is 9.74. The van der Waals surface area contributed by atoms with Crippen LogP contribution in [0, 0.1) is 16.0 Å². The highest BCUT2D eigenvalue weighted by molar-refractivity contribution is 5.93. The first kappa shape index (κ1) is 18.5. The number of rotatable bonds is 5. The molecule has 1 saturated carbocycles. The number of benzene rings is 1. The number of aromatic nitrogens is 3. The zero-order valence-electron chi connectivity index (χ0n) is 14.7. The summed E-state index contributed by atoms with van der Waals surface area (Å²) in [6.07, 6.45) is 4.07. The van der Waals surface area contributed by atoms with E-state index in [1.165, 1.54) is 29.1 Å². The molecule has 1 aliphatic carbocycles. The third kappa shape index (κ3) is 3.78. The number of nitro benzene ring substituents is 1. The van der Waals surface area contributed by atoms with Crippen molar-refractivity contribution >= 4 is 17.6 Å². The molecule has 0 spiro atoms. The average molecular weight is 373 g/mol. The van der Waals surface area contributed by atoms with Gasteiger partial charge in [0.25, 0.3) is 11.6 Å². The molecule has 142 valence electrons. The first-order chi connectivity index (χ1) is 12.8. The second-order valence-electron chi connectivity index (χ2n) is 6.83. The van der Waals surface area contributed by atoms with Crippen LogP contribution in [0.15, 0.2) is 30.5 Å². The van der Waals surface area contributed by atoms with Crippen molar-refractivity contribution in [2.45, 2.75) is 38.1 Å². The topological polar surface area (TPSA) is 140 Å². The highest BCUT2D eigenvalue weighted by Crippen LogP contribution is 2.34. The molecule has 1 aromatic carbocycles. The molecule has 0 saturated heterocycles. The quantitative estimate of drug-likeness (QED) is 0.603. The van der Waals surface area contributed by atoms with E-state index in [1.807, 2.05) is 0 Å². The number of nitrogens with zero attached hydrogens (tertiary/aromatic N) is 4. The van der Waals surface area contributed by atoms with Gasteiger partial charge >= 0.3 is 5.97 Å². The van der Waals surface area contributed by atoms with Crippen LogP contribution in [0.3, 0.4) is 0 Å². The lowest BCUT2D eigenvalue weighted by Gasteiger charge is -2.39. The van der Waals surface area contributed by atoms with Crippen molar-refractivity contribution < 1.29 is 19.6 Å². The molecule has 27 heavy (non-hydrogen) atoms. The smallest absolute Gasteiger partial charge is 0.308 e. The van der Waals surface area contributed by atoms with E-state index in [4.69, 9.17) is 0 Å². The third-order valence-corrected chi connectivity index (χ3v) is 4.94. The fourth-order valence-corrected chi connectivity index (χ4v) is 3.45. The lowest BCUT2D eigenvalue weighted by Crippen LogP contribution is -2.55. The van der Waals surface area contributed by atoms with Gasteiger partial charge in [-0.05, 0) is 25.8 Å². The summed E-state index contributed by atoms with van der Waals surface area (Å²) in [7, 11) is 0. The van der Waals surface area contributed by atoms with Crippen LogP contribution in [-0.4, -0.2) is 42.4 Å². The molecule has 2 aromatic rings. The summed E-state index contributed by atoms with van der Waals surface area (Å²) in [4.78, 5) is 34.5. The Morgan fingerprint density at radius 2 is 2.19 bits per heavy atom. The molecule has 3 rings (SSSR count). The van der Waals surface area contributed by atoms with E-state index in [1.54, 1.807) is 13.0 Å². The van der Waals surface area contributed by atoms with Gasteiger partial charge in [-0.2, -0.15) is 0 Å². The molecule has 1 heterocycles. The van der Waals surface area contributed by atoms with Gasteiger partial charge in [0.1, 0.15) is 0 Å². The van der Waals surface area contributed by atoms with Gasteiger partial charge in [-0.15, -0.1) is 5.10 Å². The maximum absolute atomic E-state index is 12.6. The molecule has 0 bridgehead atoms. The molecular formula is C17H19N5O5. The molecule has 1 fully saturated rings. The predicted octanol–water partition coefficient (Wildman–Crippen LogP) is 1.94. The Bertz CT molecular complexity index is 895. The zero-order valence-corrected chi connectivity index (χ0v) is 14.7. The number of aliphatic carboxylic acids is 1. The SMILES string of the molecule is CC1(NC(=O)c2cn(-c3cccc([N+](=O)[O-])c3)nn2)CCCCC1C(=O)O. The average Bonchev–Trinajstić information content (AvgIpc) is 3.12. The Morgan fingerprint density at radius 3 is 2.89 bits per heavy atom. The number of carbonyl (C=O) groups excluding carboxylic acids is 1. The molecule has 0 aliphatic heterocycles. The van der Waals surface area contributed by atoms with Crippen molar-refractivity contribution in [2.75, 3.05) is 0 Å². The highest BCUT2D eigenvalue weighted by atomic mass is 16.6. The number of carboxylic acid groups (broad SMARTS) is 1. The van der Waals surface area contributed by atoms with Crippen molar-refractivity contribution in [1.82, 2.24) is 20.3 Å². The van der Waals surface area contributed by atoms with Crippen molar-refractivity contribution in [2.24, 2.45) is 5.92 Å². The van der Waals surface area contributed by atoms with Crippen molar-refractivity contribution in [1.29, 1.82) is 0 Å². The summed E-state index contributed by atoms with van der Waals surface area (Å²) in [5.41, 5.74) is -0.565. The second kappa shape index (κ2) is 7.14. The van der Waals surface area contributed by atoms with Crippen LogP contribution in [-0.2, 0) is 4.79 Å². The minimum absolute atomic E-state index is 0.0115. The molecule has 10 nitrogen and oxygen atoms in total. The van der Waals surface area contributed by atoms with Gasteiger partial charge in [-0.3, -0.25) is 19.7 Å². The Hall–Kier alpha value is -3.30. The van der Waals surface area contributed by atoms with Gasteiger partial charge < -0.3 is 10.4 Å². The Kier molecular flexibility index (Phi) is 4.89. The first-order valence-corrected chi connectivity index (χ1v) is 8.53. The molecular weight excluding hydrogens is 354 g/mol. The van der Waals surface area contributed by atoms with E-state index in [9.17, 15) is 24.8 Å².